The molecule has 0 spiro atoms. The first-order valence-electron chi connectivity index (χ1n) is 9.39. The van der Waals surface area contributed by atoms with Crippen LogP contribution < -0.4 is 10.3 Å². The SMILES string of the molecule is CC(Oc1cccc(Cl)c1)C(=O)N1CCN(Cc2cc(=O)n3ccsc3n2)CC1. The molecule has 2 aromatic heterocycles. The molecule has 1 amide bonds. The van der Waals surface area contributed by atoms with Gasteiger partial charge in [0.05, 0.1) is 5.69 Å². The van der Waals surface area contributed by atoms with E-state index in [1.165, 1.54) is 11.3 Å². The summed E-state index contributed by atoms with van der Waals surface area (Å²) in [5.41, 5.74) is 0.696. The summed E-state index contributed by atoms with van der Waals surface area (Å²) in [7, 11) is 0. The van der Waals surface area contributed by atoms with E-state index in [0.717, 1.165) is 18.8 Å². The molecule has 0 radical (unpaired) electrons. The summed E-state index contributed by atoms with van der Waals surface area (Å²) in [5, 5.41) is 2.43. The molecule has 3 aromatic rings. The largest absolute Gasteiger partial charge is 0.481 e. The lowest BCUT2D eigenvalue weighted by molar-refractivity contribution is -0.139. The maximum atomic E-state index is 12.7. The molecule has 7 nitrogen and oxygen atoms in total. The van der Waals surface area contributed by atoms with E-state index in [0.29, 0.717) is 35.4 Å². The van der Waals surface area contributed by atoms with E-state index in [2.05, 4.69) is 9.88 Å². The molecule has 1 unspecified atom stereocenters. The first kappa shape index (κ1) is 19.9. The maximum absolute atomic E-state index is 12.7. The first-order chi connectivity index (χ1) is 14.0. The Bertz CT molecular complexity index is 1070. The number of benzene rings is 1. The van der Waals surface area contributed by atoms with Gasteiger partial charge in [-0.1, -0.05) is 17.7 Å². The molecule has 4 rings (SSSR count). The number of carbonyl (C=O) groups excluding carboxylic acids is 1. The average Bonchev–Trinajstić information content (AvgIpc) is 3.17. The fourth-order valence-corrected chi connectivity index (χ4v) is 4.30. The fourth-order valence-electron chi connectivity index (χ4n) is 3.38. The second kappa shape index (κ2) is 8.52. The van der Waals surface area contributed by atoms with Crippen molar-refractivity contribution in [3.63, 3.8) is 0 Å². The zero-order chi connectivity index (χ0) is 20.4. The number of rotatable bonds is 5. The van der Waals surface area contributed by atoms with Gasteiger partial charge < -0.3 is 9.64 Å². The van der Waals surface area contributed by atoms with Crippen LogP contribution in [0.25, 0.3) is 4.96 Å². The lowest BCUT2D eigenvalue weighted by Gasteiger charge is -2.35. The number of carbonyl (C=O) groups is 1. The van der Waals surface area contributed by atoms with Gasteiger partial charge in [-0.15, -0.1) is 11.3 Å². The summed E-state index contributed by atoms with van der Waals surface area (Å²) in [5.74, 6) is 0.541. The number of halogens is 1. The molecular formula is C20H21ClN4O3S. The maximum Gasteiger partial charge on any atom is 0.263 e. The number of hydrogen-bond acceptors (Lipinski definition) is 6. The van der Waals surface area contributed by atoms with E-state index in [-0.39, 0.29) is 11.5 Å². The average molecular weight is 433 g/mol. The Balaban J connectivity index is 1.32. The molecule has 1 atom stereocenters. The highest BCUT2D eigenvalue weighted by molar-refractivity contribution is 7.15. The van der Waals surface area contributed by atoms with Crippen molar-refractivity contribution < 1.29 is 9.53 Å². The topological polar surface area (TPSA) is 67.2 Å². The molecule has 1 aliphatic heterocycles. The Morgan fingerprint density at radius 3 is 2.83 bits per heavy atom. The second-order valence-corrected chi connectivity index (χ2v) is 8.27. The molecule has 1 fully saturated rings. The smallest absolute Gasteiger partial charge is 0.263 e. The van der Waals surface area contributed by atoms with Crippen LogP contribution in [0.3, 0.4) is 0 Å². The molecule has 29 heavy (non-hydrogen) atoms. The minimum absolute atomic E-state index is 0.0407. The minimum Gasteiger partial charge on any atom is -0.481 e. The fraction of sp³-hybridized carbons (Fsp3) is 0.350. The van der Waals surface area contributed by atoms with Gasteiger partial charge in [-0.2, -0.15) is 0 Å². The Hall–Kier alpha value is -2.42. The molecule has 0 bridgehead atoms. The van der Waals surface area contributed by atoms with Gasteiger partial charge in [0.15, 0.2) is 11.1 Å². The number of nitrogens with zero attached hydrogens (tertiary/aromatic N) is 4. The third-order valence-electron chi connectivity index (χ3n) is 4.88. The molecular weight excluding hydrogens is 412 g/mol. The van der Waals surface area contributed by atoms with Crippen molar-refractivity contribution in [2.24, 2.45) is 0 Å². The number of piperazine rings is 1. The lowest BCUT2D eigenvalue weighted by Crippen LogP contribution is -2.51. The van der Waals surface area contributed by atoms with Crippen LogP contribution in [-0.2, 0) is 11.3 Å². The third kappa shape index (κ3) is 4.60. The molecule has 9 heteroatoms. The van der Waals surface area contributed by atoms with E-state index >= 15 is 0 Å². The van der Waals surface area contributed by atoms with Crippen molar-refractivity contribution in [1.29, 1.82) is 0 Å². The first-order valence-corrected chi connectivity index (χ1v) is 10.6. The van der Waals surface area contributed by atoms with Gasteiger partial charge >= 0.3 is 0 Å². The van der Waals surface area contributed by atoms with Gasteiger partial charge in [-0.25, -0.2) is 4.98 Å². The molecule has 0 saturated carbocycles. The number of aromatic nitrogens is 2. The molecule has 152 valence electrons. The molecule has 0 aliphatic carbocycles. The molecule has 0 N–H and O–H groups in total. The van der Waals surface area contributed by atoms with Crippen LogP contribution in [0.2, 0.25) is 5.02 Å². The molecule has 1 aliphatic rings. The van der Waals surface area contributed by atoms with E-state index in [9.17, 15) is 9.59 Å². The summed E-state index contributed by atoms with van der Waals surface area (Å²) in [6.45, 7) is 5.02. The Labute approximate surface area is 177 Å². The summed E-state index contributed by atoms with van der Waals surface area (Å²) in [4.78, 5) is 34.1. The van der Waals surface area contributed by atoms with Gasteiger partial charge in [0.1, 0.15) is 5.75 Å². The quantitative estimate of drug-likeness (QED) is 0.619. The summed E-state index contributed by atoms with van der Waals surface area (Å²) < 4.78 is 7.29. The third-order valence-corrected chi connectivity index (χ3v) is 5.87. The number of thiazole rings is 1. The molecule has 3 heterocycles. The van der Waals surface area contributed by atoms with Crippen molar-refractivity contribution in [2.75, 3.05) is 26.2 Å². The van der Waals surface area contributed by atoms with Crippen molar-refractivity contribution in [2.45, 2.75) is 19.6 Å². The Kier molecular flexibility index (Phi) is 5.84. The predicted molar refractivity (Wildman–Crippen MR) is 113 cm³/mol. The number of fused-ring (bicyclic) bond motifs is 1. The van der Waals surface area contributed by atoms with Crippen LogP contribution >= 0.6 is 22.9 Å². The minimum atomic E-state index is -0.581. The van der Waals surface area contributed by atoms with Crippen molar-refractivity contribution in [3.8, 4) is 5.75 Å². The van der Waals surface area contributed by atoms with Crippen molar-refractivity contribution >= 4 is 33.8 Å². The van der Waals surface area contributed by atoms with E-state index in [4.69, 9.17) is 16.3 Å². The van der Waals surface area contributed by atoms with Gasteiger partial charge in [0, 0.05) is 55.4 Å². The predicted octanol–water partition coefficient (Wildman–Crippen LogP) is 2.52. The number of ether oxygens (including phenoxy) is 1. The summed E-state index contributed by atoms with van der Waals surface area (Å²) in [6.07, 6.45) is 1.15. The standard InChI is InChI=1S/C20H21ClN4O3S/c1-14(28-17-4-2-3-15(21)11-17)19(27)24-7-5-23(6-8-24)13-16-12-18(26)25-9-10-29-20(25)22-16/h2-4,9-12,14H,5-8,13H2,1H3. The highest BCUT2D eigenvalue weighted by Crippen LogP contribution is 2.19. The Morgan fingerprint density at radius 1 is 1.28 bits per heavy atom. The van der Waals surface area contributed by atoms with Crippen LogP contribution in [0.5, 0.6) is 5.75 Å². The molecule has 1 aromatic carbocycles. The Morgan fingerprint density at radius 2 is 2.07 bits per heavy atom. The van der Waals surface area contributed by atoms with Crippen LogP contribution in [-0.4, -0.2) is 57.4 Å². The molecule has 1 saturated heterocycles. The number of hydrogen-bond donors (Lipinski definition) is 0. The normalized spacial score (nSPS) is 16.1. The zero-order valence-corrected chi connectivity index (χ0v) is 17.5. The van der Waals surface area contributed by atoms with Crippen molar-refractivity contribution in [1.82, 2.24) is 19.2 Å². The highest BCUT2D eigenvalue weighted by atomic mass is 35.5. The van der Waals surface area contributed by atoms with Crippen LogP contribution in [0.4, 0.5) is 0 Å². The zero-order valence-electron chi connectivity index (χ0n) is 16.0. The van der Waals surface area contributed by atoms with Crippen LogP contribution in [0, 0.1) is 0 Å². The van der Waals surface area contributed by atoms with E-state index < -0.39 is 6.10 Å². The van der Waals surface area contributed by atoms with Crippen LogP contribution in [0.15, 0.2) is 46.7 Å². The number of amides is 1. The monoisotopic (exact) mass is 432 g/mol. The van der Waals surface area contributed by atoms with E-state index in [1.807, 2.05) is 10.3 Å². The summed E-state index contributed by atoms with van der Waals surface area (Å²) in [6, 6.07) is 8.62. The van der Waals surface area contributed by atoms with Crippen LogP contribution in [0.1, 0.15) is 12.6 Å². The van der Waals surface area contributed by atoms with Gasteiger partial charge in [-0.3, -0.25) is 18.9 Å². The van der Waals surface area contributed by atoms with E-state index in [1.54, 1.807) is 47.9 Å². The van der Waals surface area contributed by atoms with Gasteiger partial charge in [-0.05, 0) is 25.1 Å². The summed E-state index contributed by atoms with van der Waals surface area (Å²) >= 11 is 7.41. The van der Waals surface area contributed by atoms with Gasteiger partial charge in [0.2, 0.25) is 0 Å². The van der Waals surface area contributed by atoms with Gasteiger partial charge in [0.25, 0.3) is 11.5 Å². The van der Waals surface area contributed by atoms with Crippen molar-refractivity contribution in [3.05, 3.63) is 63.0 Å². The lowest BCUT2D eigenvalue weighted by atomic mass is 10.2. The highest BCUT2D eigenvalue weighted by Gasteiger charge is 2.26. The second-order valence-electron chi connectivity index (χ2n) is 6.96.